The number of rotatable bonds is 5. The van der Waals surface area contributed by atoms with Gasteiger partial charge in [-0.2, -0.15) is 13.2 Å². The summed E-state index contributed by atoms with van der Waals surface area (Å²) in [6.07, 6.45) is -3.86. The molecule has 0 aromatic heterocycles. The number of halogens is 3. The van der Waals surface area contributed by atoms with E-state index in [-0.39, 0.29) is 11.8 Å². The minimum Gasteiger partial charge on any atom is -0.511 e. The van der Waals surface area contributed by atoms with E-state index in [4.69, 9.17) is 0 Å². The van der Waals surface area contributed by atoms with Crippen molar-refractivity contribution in [2.75, 3.05) is 0 Å². The van der Waals surface area contributed by atoms with Crippen LogP contribution in [0.4, 0.5) is 13.2 Å². The molecule has 0 saturated carbocycles. The molecular formula is C14H23F3O2. The molecule has 0 aliphatic rings. The molecule has 0 bridgehead atoms. The first-order valence-electron chi connectivity index (χ1n) is 6.34. The van der Waals surface area contributed by atoms with Gasteiger partial charge in [-0.3, -0.25) is 4.79 Å². The molecule has 0 spiro atoms. The van der Waals surface area contributed by atoms with E-state index in [9.17, 15) is 23.1 Å². The standard InChI is InChI=1S/C14H23F3O2/c1-8(2)12(9(3)4)10(18)7-11(19)13(5,6)14(15,16)17/h7-9,12,19H,1-6H3. The Morgan fingerprint density at radius 3 is 1.68 bits per heavy atom. The molecule has 112 valence electrons. The van der Waals surface area contributed by atoms with Crippen molar-refractivity contribution < 1.29 is 23.1 Å². The zero-order chi connectivity index (χ0) is 15.6. The number of hydrogen-bond donors (Lipinski definition) is 1. The van der Waals surface area contributed by atoms with Crippen LogP contribution in [-0.2, 0) is 4.79 Å². The van der Waals surface area contributed by atoms with E-state index in [1.165, 1.54) is 0 Å². The highest BCUT2D eigenvalue weighted by Gasteiger charge is 2.50. The van der Waals surface area contributed by atoms with Gasteiger partial charge >= 0.3 is 6.18 Å². The summed E-state index contributed by atoms with van der Waals surface area (Å²) in [6.45, 7) is 9.05. The zero-order valence-corrected chi connectivity index (χ0v) is 12.3. The van der Waals surface area contributed by atoms with Crippen molar-refractivity contribution in [3.8, 4) is 0 Å². The Balaban J connectivity index is 5.30. The second-order valence-electron chi connectivity index (χ2n) is 6.07. The molecule has 5 heteroatoms. The monoisotopic (exact) mass is 280 g/mol. The number of carbonyl (C=O) groups excluding carboxylic acids is 1. The lowest BCUT2D eigenvalue weighted by molar-refractivity contribution is -0.206. The van der Waals surface area contributed by atoms with Crippen LogP contribution in [0.3, 0.4) is 0 Å². The summed E-state index contributed by atoms with van der Waals surface area (Å²) in [5, 5.41) is 9.62. The molecule has 0 aromatic rings. The number of ketones is 1. The van der Waals surface area contributed by atoms with Crippen LogP contribution in [0.15, 0.2) is 11.8 Å². The van der Waals surface area contributed by atoms with Gasteiger partial charge in [-0.15, -0.1) is 0 Å². The van der Waals surface area contributed by atoms with Crippen LogP contribution in [0.1, 0.15) is 41.5 Å². The van der Waals surface area contributed by atoms with E-state index in [2.05, 4.69) is 0 Å². The van der Waals surface area contributed by atoms with Crippen molar-refractivity contribution in [3.05, 3.63) is 11.8 Å². The van der Waals surface area contributed by atoms with Crippen molar-refractivity contribution in [2.24, 2.45) is 23.2 Å². The third kappa shape index (κ3) is 4.25. The Morgan fingerprint density at radius 1 is 1.05 bits per heavy atom. The quantitative estimate of drug-likeness (QED) is 0.594. The number of aliphatic hydroxyl groups is 1. The van der Waals surface area contributed by atoms with Gasteiger partial charge in [-0.25, -0.2) is 0 Å². The van der Waals surface area contributed by atoms with E-state index < -0.39 is 29.1 Å². The maximum Gasteiger partial charge on any atom is 0.400 e. The maximum atomic E-state index is 12.7. The average Bonchev–Trinajstić information content (AvgIpc) is 2.13. The Bertz CT molecular complexity index is 344. The molecule has 0 aliphatic heterocycles. The summed E-state index contributed by atoms with van der Waals surface area (Å²) >= 11 is 0. The number of hydrogen-bond acceptors (Lipinski definition) is 2. The van der Waals surface area contributed by atoms with Gasteiger partial charge in [0.25, 0.3) is 0 Å². The van der Waals surface area contributed by atoms with Crippen molar-refractivity contribution >= 4 is 5.78 Å². The minimum atomic E-state index is -4.60. The molecule has 1 N–H and O–H groups in total. The van der Waals surface area contributed by atoms with Crippen LogP contribution in [0.2, 0.25) is 0 Å². The van der Waals surface area contributed by atoms with Gasteiger partial charge in [-0.05, 0) is 25.7 Å². The highest BCUT2D eigenvalue weighted by atomic mass is 19.4. The van der Waals surface area contributed by atoms with Crippen molar-refractivity contribution in [3.63, 3.8) is 0 Å². The summed E-state index contributed by atoms with van der Waals surface area (Å²) < 4.78 is 38.2. The summed E-state index contributed by atoms with van der Waals surface area (Å²) in [4.78, 5) is 12.0. The molecule has 0 fully saturated rings. The molecule has 0 atom stereocenters. The minimum absolute atomic E-state index is 0.00514. The molecule has 0 aromatic carbocycles. The van der Waals surface area contributed by atoms with Crippen LogP contribution in [0.5, 0.6) is 0 Å². The molecule has 0 aliphatic carbocycles. The smallest absolute Gasteiger partial charge is 0.400 e. The fraction of sp³-hybridized carbons (Fsp3) is 0.786. The molecule has 0 rings (SSSR count). The Hall–Kier alpha value is -1.00. The van der Waals surface area contributed by atoms with Crippen molar-refractivity contribution in [2.45, 2.75) is 47.7 Å². The Labute approximate surface area is 112 Å². The first-order chi connectivity index (χ1) is 8.32. The Morgan fingerprint density at radius 2 is 1.42 bits per heavy atom. The van der Waals surface area contributed by atoms with E-state index in [0.29, 0.717) is 0 Å². The normalized spacial score (nSPS) is 14.6. The highest BCUT2D eigenvalue weighted by molar-refractivity contribution is 5.92. The van der Waals surface area contributed by atoms with Gasteiger partial charge in [-0.1, -0.05) is 27.7 Å². The van der Waals surface area contributed by atoms with E-state index in [1.54, 1.807) is 0 Å². The van der Waals surface area contributed by atoms with Crippen molar-refractivity contribution in [1.82, 2.24) is 0 Å². The summed E-state index contributed by atoms with van der Waals surface area (Å²) in [5.74, 6) is -1.78. The first-order valence-corrected chi connectivity index (χ1v) is 6.34. The topological polar surface area (TPSA) is 37.3 Å². The van der Waals surface area contributed by atoms with Gasteiger partial charge in [0.1, 0.15) is 11.2 Å². The summed E-state index contributed by atoms with van der Waals surface area (Å²) in [6, 6.07) is 0. The Kier molecular flexibility index (Phi) is 5.66. The van der Waals surface area contributed by atoms with E-state index in [0.717, 1.165) is 19.9 Å². The fourth-order valence-corrected chi connectivity index (χ4v) is 1.98. The summed E-state index contributed by atoms with van der Waals surface area (Å²) in [5.41, 5.74) is -2.42. The van der Waals surface area contributed by atoms with Crippen LogP contribution in [0, 0.1) is 23.2 Å². The van der Waals surface area contributed by atoms with Crippen LogP contribution in [0.25, 0.3) is 0 Å². The van der Waals surface area contributed by atoms with Gasteiger partial charge in [0.15, 0.2) is 5.78 Å². The number of alkyl halides is 3. The second kappa shape index (κ2) is 5.97. The SMILES string of the molecule is CC(C)C(C(=O)C=C(O)C(C)(C)C(F)(F)F)C(C)C. The largest absolute Gasteiger partial charge is 0.511 e. The van der Waals surface area contributed by atoms with Gasteiger partial charge < -0.3 is 5.11 Å². The van der Waals surface area contributed by atoms with E-state index in [1.807, 2.05) is 27.7 Å². The lowest BCUT2D eigenvalue weighted by Gasteiger charge is -2.28. The average molecular weight is 280 g/mol. The maximum absolute atomic E-state index is 12.7. The molecule has 2 nitrogen and oxygen atoms in total. The molecule has 0 saturated heterocycles. The predicted octanol–water partition coefficient (Wildman–Crippen LogP) is 4.51. The lowest BCUT2D eigenvalue weighted by atomic mass is 9.80. The molecule has 0 unspecified atom stereocenters. The van der Waals surface area contributed by atoms with Crippen LogP contribution >= 0.6 is 0 Å². The molecule has 0 amide bonds. The number of carbonyl (C=O) groups is 1. The van der Waals surface area contributed by atoms with Gasteiger partial charge in [0.05, 0.1) is 0 Å². The van der Waals surface area contributed by atoms with E-state index >= 15 is 0 Å². The first kappa shape index (κ1) is 18.0. The predicted molar refractivity (Wildman–Crippen MR) is 68.7 cm³/mol. The second-order valence-corrected chi connectivity index (χ2v) is 6.07. The molecular weight excluding hydrogens is 257 g/mol. The van der Waals surface area contributed by atoms with Crippen molar-refractivity contribution in [1.29, 1.82) is 0 Å². The highest BCUT2D eigenvalue weighted by Crippen LogP contribution is 2.42. The molecule has 0 heterocycles. The zero-order valence-electron chi connectivity index (χ0n) is 12.3. The lowest BCUT2D eigenvalue weighted by Crippen LogP contribution is -2.35. The summed E-state index contributed by atoms with van der Waals surface area (Å²) in [7, 11) is 0. The van der Waals surface area contributed by atoms with Crippen LogP contribution < -0.4 is 0 Å². The third-order valence-corrected chi connectivity index (χ3v) is 3.39. The van der Waals surface area contributed by atoms with Gasteiger partial charge in [0.2, 0.25) is 0 Å². The number of aliphatic hydroxyl groups excluding tert-OH is 1. The fourth-order valence-electron chi connectivity index (χ4n) is 1.98. The third-order valence-electron chi connectivity index (χ3n) is 3.39. The molecule has 0 radical (unpaired) electrons. The number of allylic oxidation sites excluding steroid dienone is 2. The van der Waals surface area contributed by atoms with Crippen LogP contribution in [-0.4, -0.2) is 17.1 Å². The van der Waals surface area contributed by atoms with Gasteiger partial charge in [0, 0.05) is 12.0 Å². The molecule has 19 heavy (non-hydrogen) atoms.